The number of ether oxygens (including phenoxy) is 1. The van der Waals surface area contributed by atoms with Crippen LogP contribution in [0.2, 0.25) is 0 Å². The van der Waals surface area contributed by atoms with Crippen molar-refractivity contribution in [2.24, 2.45) is 5.10 Å². The van der Waals surface area contributed by atoms with Crippen LogP contribution in [0, 0.1) is 0 Å². The molecule has 0 bridgehead atoms. The third-order valence-electron chi connectivity index (χ3n) is 2.49. The summed E-state index contributed by atoms with van der Waals surface area (Å²) in [6.07, 6.45) is 1.43. The van der Waals surface area contributed by atoms with Gasteiger partial charge in [-0.3, -0.25) is 4.79 Å². The maximum absolute atomic E-state index is 11.8. The SMILES string of the molecule is CC(C)Oc1c(Br)cc(Br)cc1/C=N/NC(=O)c1nonc1N. The molecule has 1 aromatic heterocycles. The predicted molar refractivity (Wildman–Crippen MR) is 91.4 cm³/mol. The summed E-state index contributed by atoms with van der Waals surface area (Å²) in [6.45, 7) is 3.83. The first-order valence-corrected chi connectivity index (χ1v) is 8.04. The second-order valence-corrected chi connectivity index (χ2v) is 6.44. The van der Waals surface area contributed by atoms with Gasteiger partial charge in [-0.1, -0.05) is 15.9 Å². The lowest BCUT2D eigenvalue weighted by atomic mass is 10.2. The van der Waals surface area contributed by atoms with Crippen LogP contribution in [0.1, 0.15) is 29.9 Å². The summed E-state index contributed by atoms with van der Waals surface area (Å²) in [4.78, 5) is 11.8. The Morgan fingerprint density at radius 1 is 1.43 bits per heavy atom. The fourth-order valence-electron chi connectivity index (χ4n) is 1.60. The molecule has 0 saturated carbocycles. The van der Waals surface area contributed by atoms with E-state index in [2.05, 4.69) is 57.3 Å². The van der Waals surface area contributed by atoms with Gasteiger partial charge in [0.1, 0.15) is 5.75 Å². The number of nitrogens with one attached hydrogen (secondary N) is 1. The number of nitrogens with two attached hydrogens (primary N) is 1. The number of hydrazone groups is 1. The minimum absolute atomic E-state index is 0.0183. The summed E-state index contributed by atoms with van der Waals surface area (Å²) in [5.74, 6) is -0.115. The van der Waals surface area contributed by atoms with Crippen molar-refractivity contribution in [1.82, 2.24) is 15.7 Å². The van der Waals surface area contributed by atoms with Crippen molar-refractivity contribution < 1.29 is 14.2 Å². The molecular weight excluding hydrogens is 434 g/mol. The number of nitrogens with zero attached hydrogens (tertiary/aromatic N) is 3. The van der Waals surface area contributed by atoms with Gasteiger partial charge in [0.05, 0.1) is 16.8 Å². The Morgan fingerprint density at radius 2 is 2.17 bits per heavy atom. The molecule has 2 rings (SSSR count). The lowest BCUT2D eigenvalue weighted by Gasteiger charge is -2.14. The molecule has 0 radical (unpaired) electrons. The molecule has 3 N–H and O–H groups in total. The Hall–Kier alpha value is -1.94. The number of amides is 1. The van der Waals surface area contributed by atoms with Crippen LogP contribution in [0.5, 0.6) is 5.75 Å². The van der Waals surface area contributed by atoms with Crippen LogP contribution in [-0.4, -0.2) is 28.5 Å². The highest BCUT2D eigenvalue weighted by atomic mass is 79.9. The number of aromatic nitrogens is 2. The maximum atomic E-state index is 11.8. The average Bonchev–Trinajstić information content (AvgIpc) is 2.88. The number of carbonyl (C=O) groups is 1. The number of hydrogen-bond acceptors (Lipinski definition) is 7. The Morgan fingerprint density at radius 3 is 2.78 bits per heavy atom. The minimum Gasteiger partial charge on any atom is -0.489 e. The number of halogens is 2. The lowest BCUT2D eigenvalue weighted by molar-refractivity contribution is 0.0946. The molecular formula is C13H13Br2N5O3. The highest BCUT2D eigenvalue weighted by molar-refractivity contribution is 9.11. The highest BCUT2D eigenvalue weighted by Crippen LogP contribution is 2.32. The highest BCUT2D eigenvalue weighted by Gasteiger charge is 2.15. The van der Waals surface area contributed by atoms with Crippen LogP contribution in [0.15, 0.2) is 30.8 Å². The number of hydrogen-bond donors (Lipinski definition) is 2. The van der Waals surface area contributed by atoms with Crippen molar-refractivity contribution >= 4 is 49.8 Å². The molecule has 23 heavy (non-hydrogen) atoms. The Labute approximate surface area is 148 Å². The third-order valence-corrected chi connectivity index (χ3v) is 3.54. The first-order chi connectivity index (χ1) is 10.9. The number of rotatable bonds is 5. The molecule has 1 heterocycles. The zero-order valence-electron chi connectivity index (χ0n) is 12.2. The topological polar surface area (TPSA) is 116 Å². The van der Waals surface area contributed by atoms with Gasteiger partial charge in [-0.2, -0.15) is 5.10 Å². The van der Waals surface area contributed by atoms with E-state index in [-0.39, 0.29) is 17.6 Å². The summed E-state index contributed by atoms with van der Waals surface area (Å²) in [7, 11) is 0. The van der Waals surface area contributed by atoms with Crippen molar-refractivity contribution in [2.45, 2.75) is 20.0 Å². The van der Waals surface area contributed by atoms with E-state index in [1.54, 1.807) is 0 Å². The third kappa shape index (κ3) is 4.52. The Balaban J connectivity index is 2.18. The van der Waals surface area contributed by atoms with Crippen molar-refractivity contribution in [1.29, 1.82) is 0 Å². The molecule has 1 aromatic carbocycles. The van der Waals surface area contributed by atoms with E-state index < -0.39 is 5.91 Å². The van der Waals surface area contributed by atoms with E-state index in [9.17, 15) is 4.79 Å². The number of benzene rings is 1. The molecule has 0 spiro atoms. The normalized spacial score (nSPS) is 11.2. The fraction of sp³-hybridized carbons (Fsp3) is 0.231. The van der Waals surface area contributed by atoms with Crippen LogP contribution in [0.4, 0.5) is 5.82 Å². The van der Waals surface area contributed by atoms with Crippen molar-refractivity contribution in [3.8, 4) is 5.75 Å². The van der Waals surface area contributed by atoms with Gasteiger partial charge in [-0.05, 0) is 52.2 Å². The Kier molecular flexibility index (Phi) is 5.72. The fourth-order valence-corrected chi connectivity index (χ4v) is 2.95. The van der Waals surface area contributed by atoms with E-state index in [1.807, 2.05) is 26.0 Å². The van der Waals surface area contributed by atoms with Crippen LogP contribution >= 0.6 is 31.9 Å². The molecule has 0 aliphatic carbocycles. The first kappa shape index (κ1) is 17.4. The molecule has 10 heteroatoms. The molecule has 0 atom stereocenters. The molecule has 0 aliphatic rings. The molecule has 0 fully saturated rings. The monoisotopic (exact) mass is 445 g/mol. The predicted octanol–water partition coefficient (Wildman–Crippen LogP) is 2.73. The standard InChI is InChI=1S/C13H13Br2N5O3/c1-6(2)22-11-7(3-8(14)4-9(11)15)5-17-18-13(21)10-12(16)20-23-19-10/h3-6H,1-2H3,(H2,16,20)(H,18,21)/b17-5+. The van der Waals surface area contributed by atoms with Crippen LogP contribution < -0.4 is 15.9 Å². The van der Waals surface area contributed by atoms with Gasteiger partial charge in [0, 0.05) is 10.0 Å². The molecule has 122 valence electrons. The van der Waals surface area contributed by atoms with Gasteiger partial charge >= 0.3 is 0 Å². The zero-order chi connectivity index (χ0) is 17.0. The Bertz CT molecular complexity index is 745. The van der Waals surface area contributed by atoms with Gasteiger partial charge in [0.25, 0.3) is 5.91 Å². The molecule has 0 saturated heterocycles. The number of carbonyl (C=O) groups excluding carboxylic acids is 1. The van der Waals surface area contributed by atoms with E-state index in [1.165, 1.54) is 6.21 Å². The second-order valence-electron chi connectivity index (χ2n) is 4.67. The molecule has 1 amide bonds. The smallest absolute Gasteiger partial charge is 0.297 e. The minimum atomic E-state index is -0.625. The second kappa shape index (κ2) is 7.55. The van der Waals surface area contributed by atoms with Gasteiger partial charge in [0.2, 0.25) is 11.5 Å². The van der Waals surface area contributed by atoms with Gasteiger partial charge in [0.15, 0.2) is 0 Å². The summed E-state index contributed by atoms with van der Waals surface area (Å²) < 4.78 is 11.7. The summed E-state index contributed by atoms with van der Waals surface area (Å²) in [6, 6.07) is 3.67. The molecule has 8 nitrogen and oxygen atoms in total. The van der Waals surface area contributed by atoms with E-state index in [4.69, 9.17) is 10.5 Å². The van der Waals surface area contributed by atoms with Gasteiger partial charge < -0.3 is 10.5 Å². The van der Waals surface area contributed by atoms with E-state index in [0.717, 1.165) is 8.95 Å². The molecule has 0 aliphatic heterocycles. The van der Waals surface area contributed by atoms with Gasteiger partial charge in [-0.25, -0.2) is 10.1 Å². The molecule has 0 unspecified atom stereocenters. The van der Waals surface area contributed by atoms with E-state index in [0.29, 0.717) is 11.3 Å². The zero-order valence-corrected chi connectivity index (χ0v) is 15.4. The summed E-state index contributed by atoms with van der Waals surface area (Å²) in [5.41, 5.74) is 8.27. The van der Waals surface area contributed by atoms with Gasteiger partial charge in [-0.15, -0.1) is 0 Å². The van der Waals surface area contributed by atoms with Crippen LogP contribution in [0.25, 0.3) is 0 Å². The lowest BCUT2D eigenvalue weighted by Crippen LogP contribution is -2.19. The van der Waals surface area contributed by atoms with Crippen LogP contribution in [0.3, 0.4) is 0 Å². The summed E-state index contributed by atoms with van der Waals surface area (Å²) in [5, 5.41) is 10.6. The largest absolute Gasteiger partial charge is 0.489 e. The van der Waals surface area contributed by atoms with Crippen molar-refractivity contribution in [2.75, 3.05) is 5.73 Å². The quantitative estimate of drug-likeness (QED) is 0.538. The van der Waals surface area contributed by atoms with Crippen molar-refractivity contribution in [3.05, 3.63) is 32.3 Å². The maximum Gasteiger partial charge on any atom is 0.297 e. The number of anilines is 1. The average molecular weight is 447 g/mol. The molecule has 2 aromatic rings. The van der Waals surface area contributed by atoms with Crippen molar-refractivity contribution in [3.63, 3.8) is 0 Å². The van der Waals surface area contributed by atoms with Crippen LogP contribution in [-0.2, 0) is 0 Å². The first-order valence-electron chi connectivity index (χ1n) is 6.45. The summed E-state index contributed by atoms with van der Waals surface area (Å²) >= 11 is 6.83. The van der Waals surface area contributed by atoms with E-state index >= 15 is 0 Å². The number of nitrogen functional groups attached to an aromatic ring is 1.